The zero-order valence-corrected chi connectivity index (χ0v) is 12.0. The van der Waals surface area contributed by atoms with E-state index in [4.69, 9.17) is 4.98 Å². The standard InChI is InChI=1S/C17H21N3/c1-12-18-16-10-15-9-14(17(16)19-12)7-8-20(15)11-13-5-3-2-4-6-13/h2-6,14-15H,7-11H2,1H3,(H,18,19). The SMILES string of the molecule is Cc1nc2c([nH]1)CC1CC2CCN1Cc1ccccc1. The molecule has 1 saturated heterocycles. The second-order valence-corrected chi connectivity index (χ2v) is 6.22. The molecule has 1 aromatic heterocycles. The van der Waals surface area contributed by atoms with Crippen LogP contribution in [-0.4, -0.2) is 27.5 Å². The molecule has 1 aliphatic carbocycles. The summed E-state index contributed by atoms with van der Waals surface area (Å²) in [6.45, 7) is 4.36. The molecule has 20 heavy (non-hydrogen) atoms. The molecule has 2 heterocycles. The Bertz CT molecular complexity index is 602. The monoisotopic (exact) mass is 267 g/mol. The predicted octanol–water partition coefficient (Wildman–Crippen LogP) is 3.02. The van der Waals surface area contributed by atoms with E-state index in [0.717, 1.165) is 18.8 Å². The maximum atomic E-state index is 4.71. The van der Waals surface area contributed by atoms with Crippen LogP contribution in [0.2, 0.25) is 0 Å². The van der Waals surface area contributed by atoms with Gasteiger partial charge < -0.3 is 4.98 Å². The third kappa shape index (κ3) is 2.06. The molecule has 2 aromatic rings. The van der Waals surface area contributed by atoms with Crippen molar-refractivity contribution in [2.45, 2.75) is 44.7 Å². The van der Waals surface area contributed by atoms with Gasteiger partial charge in [0.2, 0.25) is 0 Å². The number of fused-ring (bicyclic) bond motifs is 4. The average Bonchev–Trinajstić information content (AvgIpc) is 2.84. The minimum absolute atomic E-state index is 0.681. The van der Waals surface area contributed by atoms with Gasteiger partial charge in [0.05, 0.1) is 5.69 Å². The summed E-state index contributed by atoms with van der Waals surface area (Å²) in [7, 11) is 0. The van der Waals surface area contributed by atoms with E-state index in [1.807, 2.05) is 0 Å². The molecule has 0 radical (unpaired) electrons. The summed E-state index contributed by atoms with van der Waals surface area (Å²) < 4.78 is 0. The molecule has 0 amide bonds. The van der Waals surface area contributed by atoms with Crippen molar-refractivity contribution in [2.24, 2.45) is 0 Å². The topological polar surface area (TPSA) is 31.9 Å². The van der Waals surface area contributed by atoms with Crippen molar-refractivity contribution >= 4 is 0 Å². The third-order valence-electron chi connectivity index (χ3n) is 4.82. The van der Waals surface area contributed by atoms with Crippen LogP contribution in [-0.2, 0) is 13.0 Å². The fourth-order valence-corrected chi connectivity index (χ4v) is 3.87. The van der Waals surface area contributed by atoms with Gasteiger partial charge in [-0.3, -0.25) is 4.90 Å². The van der Waals surface area contributed by atoms with Gasteiger partial charge in [-0.05, 0) is 31.9 Å². The Balaban J connectivity index is 1.56. The zero-order valence-electron chi connectivity index (χ0n) is 12.0. The van der Waals surface area contributed by atoms with Crippen molar-refractivity contribution in [3.63, 3.8) is 0 Å². The summed E-state index contributed by atoms with van der Waals surface area (Å²) in [4.78, 5) is 10.8. The Morgan fingerprint density at radius 2 is 2.15 bits per heavy atom. The zero-order chi connectivity index (χ0) is 13.5. The number of nitrogens with one attached hydrogen (secondary N) is 1. The number of aromatic nitrogens is 2. The van der Waals surface area contributed by atoms with Crippen LogP contribution in [0.5, 0.6) is 0 Å². The molecule has 2 unspecified atom stereocenters. The lowest BCUT2D eigenvalue weighted by atomic mass is 9.80. The van der Waals surface area contributed by atoms with Crippen molar-refractivity contribution in [1.29, 1.82) is 0 Å². The first-order chi connectivity index (χ1) is 9.79. The molecule has 0 saturated carbocycles. The Kier molecular flexibility index (Phi) is 2.88. The first kappa shape index (κ1) is 12.2. The maximum absolute atomic E-state index is 4.71. The Morgan fingerprint density at radius 3 is 3.00 bits per heavy atom. The van der Waals surface area contributed by atoms with Gasteiger partial charge in [0, 0.05) is 30.6 Å². The molecule has 2 bridgehead atoms. The summed E-state index contributed by atoms with van der Waals surface area (Å²) in [6.07, 6.45) is 3.67. The number of aryl methyl sites for hydroxylation is 1. The molecule has 2 aliphatic rings. The predicted molar refractivity (Wildman–Crippen MR) is 79.6 cm³/mol. The van der Waals surface area contributed by atoms with Gasteiger partial charge in [-0.25, -0.2) is 4.98 Å². The summed E-state index contributed by atoms with van der Waals surface area (Å²) in [5.41, 5.74) is 4.18. The van der Waals surface area contributed by atoms with Crippen LogP contribution in [0.1, 0.15) is 41.5 Å². The first-order valence-electron chi connectivity index (χ1n) is 7.63. The second kappa shape index (κ2) is 4.74. The number of imidazole rings is 1. The molecule has 1 aromatic carbocycles. The maximum Gasteiger partial charge on any atom is 0.103 e. The third-order valence-corrected chi connectivity index (χ3v) is 4.82. The molecule has 1 fully saturated rings. The highest BCUT2D eigenvalue weighted by Crippen LogP contribution is 2.39. The number of hydrogen-bond acceptors (Lipinski definition) is 2. The van der Waals surface area contributed by atoms with E-state index in [1.54, 1.807) is 0 Å². The van der Waals surface area contributed by atoms with Crippen LogP contribution in [0.4, 0.5) is 0 Å². The molecule has 1 aliphatic heterocycles. The smallest absolute Gasteiger partial charge is 0.103 e. The molecule has 3 nitrogen and oxygen atoms in total. The minimum atomic E-state index is 0.681. The lowest BCUT2D eigenvalue weighted by Gasteiger charge is -2.42. The fraction of sp³-hybridized carbons (Fsp3) is 0.471. The number of nitrogens with zero attached hydrogens (tertiary/aromatic N) is 2. The van der Waals surface area contributed by atoms with Gasteiger partial charge >= 0.3 is 0 Å². The van der Waals surface area contributed by atoms with Crippen LogP contribution >= 0.6 is 0 Å². The molecule has 2 atom stereocenters. The fourth-order valence-electron chi connectivity index (χ4n) is 3.87. The Morgan fingerprint density at radius 1 is 1.30 bits per heavy atom. The largest absolute Gasteiger partial charge is 0.346 e. The highest BCUT2D eigenvalue weighted by molar-refractivity contribution is 5.26. The summed E-state index contributed by atoms with van der Waals surface area (Å²) in [5.74, 6) is 1.76. The molecule has 4 rings (SSSR count). The molecule has 1 N–H and O–H groups in total. The van der Waals surface area contributed by atoms with Gasteiger partial charge in [-0.2, -0.15) is 0 Å². The molecule has 104 valence electrons. The van der Waals surface area contributed by atoms with Crippen LogP contribution < -0.4 is 0 Å². The summed E-state index contributed by atoms with van der Waals surface area (Å²) in [5, 5.41) is 0. The van der Waals surface area contributed by atoms with Crippen molar-refractivity contribution in [2.75, 3.05) is 6.54 Å². The van der Waals surface area contributed by atoms with Gasteiger partial charge in [0.1, 0.15) is 5.82 Å². The molecule has 3 heteroatoms. The quantitative estimate of drug-likeness (QED) is 0.907. The normalized spacial score (nSPS) is 25.4. The lowest BCUT2D eigenvalue weighted by Crippen LogP contribution is -2.45. The van der Waals surface area contributed by atoms with E-state index < -0.39 is 0 Å². The number of hydrogen-bond donors (Lipinski definition) is 1. The number of likely N-dealkylation sites (tertiary alicyclic amines) is 1. The van der Waals surface area contributed by atoms with Gasteiger partial charge in [0.15, 0.2) is 0 Å². The number of rotatable bonds is 2. The van der Waals surface area contributed by atoms with Crippen molar-refractivity contribution in [3.05, 3.63) is 53.1 Å². The first-order valence-corrected chi connectivity index (χ1v) is 7.63. The van der Waals surface area contributed by atoms with Crippen LogP contribution in [0.15, 0.2) is 30.3 Å². The summed E-state index contributed by atoms with van der Waals surface area (Å²) in [6, 6.07) is 11.5. The van der Waals surface area contributed by atoms with E-state index in [0.29, 0.717) is 12.0 Å². The number of H-pyrrole nitrogens is 1. The highest BCUT2D eigenvalue weighted by atomic mass is 15.2. The van der Waals surface area contributed by atoms with Crippen molar-refractivity contribution in [1.82, 2.24) is 14.9 Å². The number of piperidine rings is 1. The molecular formula is C17H21N3. The van der Waals surface area contributed by atoms with Crippen molar-refractivity contribution < 1.29 is 0 Å². The molecule has 0 spiro atoms. The minimum Gasteiger partial charge on any atom is -0.346 e. The van der Waals surface area contributed by atoms with Crippen molar-refractivity contribution in [3.8, 4) is 0 Å². The van der Waals surface area contributed by atoms with E-state index in [1.165, 1.54) is 36.3 Å². The van der Waals surface area contributed by atoms with E-state index in [9.17, 15) is 0 Å². The number of benzene rings is 1. The lowest BCUT2D eigenvalue weighted by molar-refractivity contribution is 0.115. The summed E-state index contributed by atoms with van der Waals surface area (Å²) >= 11 is 0. The van der Waals surface area contributed by atoms with Gasteiger partial charge in [0.25, 0.3) is 0 Å². The van der Waals surface area contributed by atoms with Crippen LogP contribution in [0, 0.1) is 6.92 Å². The van der Waals surface area contributed by atoms with Gasteiger partial charge in [-0.15, -0.1) is 0 Å². The van der Waals surface area contributed by atoms with E-state index in [2.05, 4.69) is 47.1 Å². The number of aromatic amines is 1. The van der Waals surface area contributed by atoms with Gasteiger partial charge in [-0.1, -0.05) is 30.3 Å². The molecular weight excluding hydrogens is 246 g/mol. The van der Waals surface area contributed by atoms with E-state index in [-0.39, 0.29) is 0 Å². The highest BCUT2D eigenvalue weighted by Gasteiger charge is 2.36. The van der Waals surface area contributed by atoms with E-state index >= 15 is 0 Å². The van der Waals surface area contributed by atoms with Crippen LogP contribution in [0.3, 0.4) is 0 Å². The average molecular weight is 267 g/mol. The van der Waals surface area contributed by atoms with Crippen LogP contribution in [0.25, 0.3) is 0 Å². The Hall–Kier alpha value is -1.61. The Labute approximate surface area is 120 Å². The second-order valence-electron chi connectivity index (χ2n) is 6.22.